The molecule has 16 heavy (non-hydrogen) atoms. The number of hydrogen-bond acceptors (Lipinski definition) is 5. The van der Waals surface area contributed by atoms with E-state index in [4.69, 9.17) is 18.9 Å². The van der Waals surface area contributed by atoms with Crippen molar-refractivity contribution in [3.8, 4) is 0 Å². The van der Waals surface area contributed by atoms with Crippen LogP contribution < -0.4 is 0 Å². The standard InChI is InChI=1S/C11H16O5/c1-6(12)13-8-5-11(8)4-7-9(16-11)15-10(2,3)14-7/h7-9H,4-5H2,1-3H3/t7-,8-,9+,11?/m1/s1. The van der Waals surface area contributed by atoms with Gasteiger partial charge in [-0.15, -0.1) is 0 Å². The molecule has 0 N–H and O–H groups in total. The Labute approximate surface area is 94.0 Å². The first-order chi connectivity index (χ1) is 7.40. The van der Waals surface area contributed by atoms with E-state index >= 15 is 0 Å². The first kappa shape index (κ1) is 10.5. The molecule has 5 nitrogen and oxygen atoms in total. The van der Waals surface area contributed by atoms with Gasteiger partial charge in [0.05, 0.1) is 0 Å². The molecule has 0 radical (unpaired) electrons. The molecule has 0 aromatic carbocycles. The fraction of sp³-hybridized carbons (Fsp3) is 0.909. The predicted octanol–water partition coefficient (Wildman–Crippen LogP) is 0.958. The van der Waals surface area contributed by atoms with Gasteiger partial charge >= 0.3 is 5.97 Å². The molecule has 1 unspecified atom stereocenters. The average Bonchev–Trinajstić information content (AvgIpc) is 2.47. The van der Waals surface area contributed by atoms with Crippen molar-refractivity contribution in [3.05, 3.63) is 0 Å². The lowest BCUT2D eigenvalue weighted by Crippen LogP contribution is -2.27. The molecule has 1 saturated carbocycles. The van der Waals surface area contributed by atoms with Crippen LogP contribution in [0.5, 0.6) is 0 Å². The van der Waals surface area contributed by atoms with Gasteiger partial charge in [0, 0.05) is 19.8 Å². The highest BCUT2D eigenvalue weighted by atomic mass is 16.8. The summed E-state index contributed by atoms with van der Waals surface area (Å²) in [5.41, 5.74) is -0.336. The minimum absolute atomic E-state index is 0.0319. The first-order valence-electron chi connectivity index (χ1n) is 5.61. The molecule has 1 spiro atoms. The third kappa shape index (κ3) is 1.54. The topological polar surface area (TPSA) is 54.0 Å². The summed E-state index contributed by atoms with van der Waals surface area (Å²) in [6.07, 6.45) is 1.04. The van der Waals surface area contributed by atoms with Gasteiger partial charge in [-0.2, -0.15) is 0 Å². The van der Waals surface area contributed by atoms with Gasteiger partial charge in [0.2, 0.25) is 0 Å². The van der Waals surface area contributed by atoms with E-state index in [0.29, 0.717) is 0 Å². The zero-order valence-electron chi connectivity index (χ0n) is 9.69. The van der Waals surface area contributed by atoms with Crippen LogP contribution in [0.2, 0.25) is 0 Å². The van der Waals surface area contributed by atoms with Crippen LogP contribution in [0.3, 0.4) is 0 Å². The lowest BCUT2D eigenvalue weighted by Gasteiger charge is -2.20. The van der Waals surface area contributed by atoms with Gasteiger partial charge in [-0.25, -0.2) is 0 Å². The van der Waals surface area contributed by atoms with E-state index in [1.807, 2.05) is 13.8 Å². The highest BCUT2D eigenvalue weighted by Crippen LogP contribution is 2.55. The maximum Gasteiger partial charge on any atom is 0.303 e. The van der Waals surface area contributed by atoms with Crippen LogP contribution in [0.4, 0.5) is 0 Å². The molecule has 2 heterocycles. The van der Waals surface area contributed by atoms with Crippen molar-refractivity contribution in [3.63, 3.8) is 0 Å². The number of fused-ring (bicyclic) bond motifs is 1. The summed E-state index contributed by atoms with van der Waals surface area (Å²) in [5, 5.41) is 0. The van der Waals surface area contributed by atoms with Crippen molar-refractivity contribution in [2.24, 2.45) is 0 Å². The Bertz CT molecular complexity index is 321. The zero-order chi connectivity index (χ0) is 11.6. The van der Waals surface area contributed by atoms with Crippen LogP contribution in [-0.4, -0.2) is 35.9 Å². The van der Waals surface area contributed by atoms with Crippen molar-refractivity contribution in [1.82, 2.24) is 0 Å². The fourth-order valence-electron chi connectivity index (χ4n) is 2.60. The van der Waals surface area contributed by atoms with Crippen molar-refractivity contribution in [2.45, 2.75) is 63.5 Å². The molecule has 0 aromatic heterocycles. The molecular formula is C11H16O5. The summed E-state index contributed by atoms with van der Waals surface area (Å²) < 4.78 is 22.3. The second kappa shape index (κ2) is 2.97. The molecule has 0 aromatic rings. The smallest absolute Gasteiger partial charge is 0.303 e. The van der Waals surface area contributed by atoms with E-state index in [-0.39, 0.29) is 30.1 Å². The Balaban J connectivity index is 1.63. The van der Waals surface area contributed by atoms with Crippen LogP contribution in [0.25, 0.3) is 0 Å². The minimum atomic E-state index is -0.567. The van der Waals surface area contributed by atoms with Crippen molar-refractivity contribution in [2.75, 3.05) is 0 Å². The molecular weight excluding hydrogens is 212 g/mol. The second-order valence-corrected chi connectivity index (χ2v) is 5.23. The fourth-order valence-corrected chi connectivity index (χ4v) is 2.60. The summed E-state index contributed by atoms with van der Waals surface area (Å²) in [5.74, 6) is -0.826. The van der Waals surface area contributed by atoms with Crippen LogP contribution in [0, 0.1) is 0 Å². The van der Waals surface area contributed by atoms with Gasteiger partial charge in [0.15, 0.2) is 12.1 Å². The molecule has 2 aliphatic heterocycles. The Morgan fingerprint density at radius 3 is 2.62 bits per heavy atom. The Kier molecular flexibility index (Phi) is 1.95. The highest BCUT2D eigenvalue weighted by molar-refractivity contribution is 5.66. The Morgan fingerprint density at radius 1 is 1.25 bits per heavy atom. The largest absolute Gasteiger partial charge is 0.459 e. The van der Waals surface area contributed by atoms with Crippen molar-refractivity contribution in [1.29, 1.82) is 0 Å². The Hall–Kier alpha value is -0.650. The minimum Gasteiger partial charge on any atom is -0.459 e. The summed E-state index contributed by atoms with van der Waals surface area (Å²) >= 11 is 0. The van der Waals surface area contributed by atoms with Gasteiger partial charge in [0.25, 0.3) is 0 Å². The highest BCUT2D eigenvalue weighted by Gasteiger charge is 2.68. The number of hydrogen-bond donors (Lipinski definition) is 0. The number of ether oxygens (including phenoxy) is 4. The number of carbonyl (C=O) groups is 1. The molecule has 3 fully saturated rings. The summed E-state index contributed by atoms with van der Waals surface area (Å²) in [6, 6.07) is 0. The van der Waals surface area contributed by atoms with Crippen molar-refractivity contribution < 1.29 is 23.7 Å². The first-order valence-corrected chi connectivity index (χ1v) is 5.61. The normalized spacial score (nSPS) is 48.1. The third-order valence-electron chi connectivity index (χ3n) is 3.30. The molecule has 1 aliphatic carbocycles. The van der Waals surface area contributed by atoms with Gasteiger partial charge in [-0.05, 0) is 13.8 Å². The Morgan fingerprint density at radius 2 is 2.00 bits per heavy atom. The van der Waals surface area contributed by atoms with Crippen LogP contribution >= 0.6 is 0 Å². The number of esters is 1. The van der Waals surface area contributed by atoms with E-state index in [9.17, 15) is 4.79 Å². The van der Waals surface area contributed by atoms with Crippen LogP contribution in [-0.2, 0) is 23.7 Å². The van der Waals surface area contributed by atoms with Gasteiger partial charge in [-0.1, -0.05) is 0 Å². The SMILES string of the molecule is CC(=O)O[C@@H]1CC12C[C@H]1OC(C)(C)O[C@H]1O2. The number of rotatable bonds is 1. The molecule has 2 saturated heterocycles. The summed E-state index contributed by atoms with van der Waals surface area (Å²) in [6.45, 7) is 5.16. The van der Waals surface area contributed by atoms with E-state index in [1.54, 1.807) is 0 Å². The third-order valence-corrected chi connectivity index (χ3v) is 3.30. The lowest BCUT2D eigenvalue weighted by molar-refractivity contribution is -0.213. The maximum absolute atomic E-state index is 10.8. The van der Waals surface area contributed by atoms with E-state index in [2.05, 4.69) is 0 Å². The predicted molar refractivity (Wildman–Crippen MR) is 52.4 cm³/mol. The molecule has 3 rings (SSSR count). The van der Waals surface area contributed by atoms with E-state index in [1.165, 1.54) is 6.92 Å². The second-order valence-electron chi connectivity index (χ2n) is 5.23. The zero-order valence-corrected chi connectivity index (χ0v) is 9.69. The van der Waals surface area contributed by atoms with E-state index < -0.39 is 5.79 Å². The average molecular weight is 228 g/mol. The van der Waals surface area contributed by atoms with Crippen LogP contribution in [0.15, 0.2) is 0 Å². The molecule has 0 amide bonds. The lowest BCUT2D eigenvalue weighted by atomic mass is 10.2. The van der Waals surface area contributed by atoms with E-state index in [0.717, 1.165) is 12.8 Å². The summed E-state index contributed by atoms with van der Waals surface area (Å²) in [4.78, 5) is 10.8. The molecule has 0 bridgehead atoms. The van der Waals surface area contributed by atoms with Gasteiger partial charge < -0.3 is 18.9 Å². The van der Waals surface area contributed by atoms with Gasteiger partial charge in [0.1, 0.15) is 17.8 Å². The molecule has 3 aliphatic rings. The van der Waals surface area contributed by atoms with Crippen molar-refractivity contribution >= 4 is 5.97 Å². The quantitative estimate of drug-likeness (QED) is 0.626. The maximum atomic E-state index is 10.8. The molecule has 5 heteroatoms. The molecule has 4 atom stereocenters. The van der Waals surface area contributed by atoms with Gasteiger partial charge in [-0.3, -0.25) is 4.79 Å². The monoisotopic (exact) mass is 228 g/mol. The summed E-state index contributed by atoms with van der Waals surface area (Å²) in [7, 11) is 0. The number of carbonyl (C=O) groups excluding carboxylic acids is 1. The molecule has 90 valence electrons. The van der Waals surface area contributed by atoms with Crippen LogP contribution in [0.1, 0.15) is 33.6 Å².